The van der Waals surface area contributed by atoms with Crippen molar-refractivity contribution in [1.29, 1.82) is 0 Å². The monoisotopic (exact) mass is 454 g/mol. The van der Waals surface area contributed by atoms with Gasteiger partial charge < -0.3 is 15.2 Å². The van der Waals surface area contributed by atoms with Crippen LogP contribution in [0.15, 0.2) is 53.7 Å². The lowest BCUT2D eigenvalue weighted by molar-refractivity contribution is 0.494. The Hall–Kier alpha value is -3.85. The van der Waals surface area contributed by atoms with Gasteiger partial charge in [-0.3, -0.25) is 14.8 Å². The summed E-state index contributed by atoms with van der Waals surface area (Å²) in [6, 6.07) is 10.2. The van der Waals surface area contributed by atoms with Crippen molar-refractivity contribution in [2.45, 2.75) is 38.9 Å². The molecule has 2 aromatic carbocycles. The number of anilines is 1. The Bertz CT molecular complexity index is 1590. The van der Waals surface area contributed by atoms with E-state index in [1.807, 2.05) is 35.8 Å². The molecule has 0 radical (unpaired) electrons. The van der Waals surface area contributed by atoms with Gasteiger partial charge >= 0.3 is 0 Å². The average Bonchev–Trinajstić information content (AvgIpc) is 3.25. The number of aromatic nitrogens is 6. The molecule has 0 spiro atoms. The second-order valence-electron chi connectivity index (χ2n) is 8.85. The van der Waals surface area contributed by atoms with Crippen molar-refractivity contribution < 1.29 is 0 Å². The molecule has 2 N–H and O–H groups in total. The first kappa shape index (κ1) is 20.7. The molecule has 9 heteroatoms. The van der Waals surface area contributed by atoms with Crippen molar-refractivity contribution in [3.8, 4) is 0 Å². The maximum absolute atomic E-state index is 13.6. The number of aryl methyl sites for hydroxylation is 1. The Kier molecular flexibility index (Phi) is 4.99. The smallest absolute Gasteiger partial charge is 0.293 e. The van der Waals surface area contributed by atoms with E-state index in [4.69, 9.17) is 10.7 Å². The third kappa shape index (κ3) is 3.31. The van der Waals surface area contributed by atoms with E-state index in [1.165, 1.54) is 4.68 Å². The zero-order valence-electron chi connectivity index (χ0n) is 19.1. The van der Waals surface area contributed by atoms with Crippen LogP contribution in [0.25, 0.3) is 32.8 Å². The van der Waals surface area contributed by atoms with Crippen molar-refractivity contribution in [2.75, 3.05) is 18.0 Å². The molecule has 3 aromatic heterocycles. The minimum atomic E-state index is -0.150. The molecule has 6 rings (SSSR count). The van der Waals surface area contributed by atoms with Gasteiger partial charge in [-0.25, -0.2) is 9.67 Å². The number of fused-ring (bicyclic) bond motifs is 4. The normalized spacial score (nSPS) is 16.6. The summed E-state index contributed by atoms with van der Waals surface area (Å²) in [4.78, 5) is 29.6. The summed E-state index contributed by atoms with van der Waals surface area (Å²) < 4.78 is 3.52. The van der Waals surface area contributed by atoms with E-state index in [9.17, 15) is 4.79 Å². The number of nitrogens with two attached hydrogens (primary N) is 1. The Morgan fingerprint density at radius 2 is 1.94 bits per heavy atom. The zero-order chi connectivity index (χ0) is 23.2. The quantitative estimate of drug-likeness (QED) is 0.416. The molecule has 1 aliphatic rings. The number of hydrogen-bond donors (Lipinski definition) is 1. The van der Waals surface area contributed by atoms with Crippen LogP contribution in [0.3, 0.4) is 0 Å². The van der Waals surface area contributed by atoms with Gasteiger partial charge in [0.05, 0.1) is 23.8 Å². The Balaban J connectivity index is 1.48. The molecule has 0 aliphatic carbocycles. The zero-order valence-corrected chi connectivity index (χ0v) is 19.1. The summed E-state index contributed by atoms with van der Waals surface area (Å²) in [5, 5.41) is 6.54. The number of hydrogen-bond acceptors (Lipinski definition) is 7. The van der Waals surface area contributed by atoms with Crippen molar-refractivity contribution >= 4 is 38.8 Å². The number of piperidine rings is 1. The highest BCUT2D eigenvalue weighted by Gasteiger charge is 2.24. The van der Waals surface area contributed by atoms with Gasteiger partial charge in [0.2, 0.25) is 5.95 Å². The third-order valence-electron chi connectivity index (χ3n) is 6.67. The van der Waals surface area contributed by atoms with Crippen LogP contribution < -0.4 is 16.2 Å². The van der Waals surface area contributed by atoms with Crippen LogP contribution in [-0.4, -0.2) is 48.4 Å². The maximum Gasteiger partial charge on any atom is 0.293 e. The molecule has 34 heavy (non-hydrogen) atoms. The molecule has 1 saturated heterocycles. The first-order chi connectivity index (χ1) is 16.6. The van der Waals surface area contributed by atoms with Crippen molar-refractivity contribution in [2.24, 2.45) is 5.73 Å². The third-order valence-corrected chi connectivity index (χ3v) is 6.67. The van der Waals surface area contributed by atoms with E-state index in [0.717, 1.165) is 59.2 Å². The van der Waals surface area contributed by atoms with E-state index in [1.54, 1.807) is 18.6 Å². The lowest BCUT2D eigenvalue weighted by Gasteiger charge is -2.31. The molecule has 5 aromatic rings. The maximum atomic E-state index is 13.6. The van der Waals surface area contributed by atoms with Gasteiger partial charge in [-0.05, 0) is 36.8 Å². The van der Waals surface area contributed by atoms with Gasteiger partial charge in [0.15, 0.2) is 0 Å². The van der Waals surface area contributed by atoms with Gasteiger partial charge in [0.25, 0.3) is 5.56 Å². The fourth-order valence-corrected chi connectivity index (χ4v) is 5.09. The summed E-state index contributed by atoms with van der Waals surface area (Å²) in [6.07, 6.45) is 7.12. The lowest BCUT2D eigenvalue weighted by Crippen LogP contribution is -2.44. The highest BCUT2D eigenvalue weighted by atomic mass is 16.1. The summed E-state index contributed by atoms with van der Waals surface area (Å²) >= 11 is 0. The molecule has 0 bridgehead atoms. The van der Waals surface area contributed by atoms with Crippen molar-refractivity contribution in [3.05, 3.63) is 64.8 Å². The molecule has 4 heterocycles. The Labute approximate surface area is 195 Å². The fourth-order valence-electron chi connectivity index (χ4n) is 5.09. The first-order valence-electron chi connectivity index (χ1n) is 11.7. The number of nitrogens with zero attached hydrogens (tertiary/aromatic N) is 7. The number of benzene rings is 2. The second-order valence-corrected chi connectivity index (χ2v) is 8.85. The first-order valence-corrected chi connectivity index (χ1v) is 11.7. The molecular weight excluding hydrogens is 428 g/mol. The SMILES string of the molecule is CCn1c(N2CCCC(N)C2)nc2cnn(Cc3cc4nccnc4c4ccccc34)c(=O)c21. The predicted octanol–water partition coefficient (Wildman–Crippen LogP) is 2.69. The highest BCUT2D eigenvalue weighted by Crippen LogP contribution is 2.27. The van der Waals surface area contributed by atoms with Crippen LogP contribution >= 0.6 is 0 Å². The average molecular weight is 455 g/mol. The van der Waals surface area contributed by atoms with Crippen molar-refractivity contribution in [1.82, 2.24) is 29.3 Å². The van der Waals surface area contributed by atoms with Crippen LogP contribution in [0, 0.1) is 0 Å². The van der Waals surface area contributed by atoms with Gasteiger partial charge in [-0.1, -0.05) is 24.3 Å². The molecule has 1 fully saturated rings. The molecule has 172 valence electrons. The number of rotatable bonds is 4. The highest BCUT2D eigenvalue weighted by molar-refractivity contribution is 6.05. The number of imidazole rings is 1. The summed E-state index contributed by atoms with van der Waals surface area (Å²) in [5.41, 5.74) is 9.88. The lowest BCUT2D eigenvalue weighted by atomic mass is 10.0. The van der Waals surface area contributed by atoms with E-state index >= 15 is 0 Å². The summed E-state index contributed by atoms with van der Waals surface area (Å²) in [6.45, 7) is 4.65. The van der Waals surface area contributed by atoms with E-state index in [-0.39, 0.29) is 11.6 Å². The standard InChI is InChI=1S/C25H26N8O/c1-2-32-23-21(30-25(32)31-11-5-6-17(26)15-31)13-29-33(24(23)34)14-16-12-20-22(28-10-9-27-20)19-8-4-3-7-18(16)19/h3-4,7-10,12-13,17H,2,5-6,11,14-15,26H2,1H3. The molecule has 1 unspecified atom stereocenters. The van der Waals surface area contributed by atoms with E-state index in [2.05, 4.69) is 26.0 Å². The Morgan fingerprint density at radius 3 is 2.76 bits per heavy atom. The molecule has 1 atom stereocenters. The van der Waals surface area contributed by atoms with E-state index < -0.39 is 0 Å². The van der Waals surface area contributed by atoms with Crippen LogP contribution in [-0.2, 0) is 13.1 Å². The van der Waals surface area contributed by atoms with Gasteiger partial charge in [-0.15, -0.1) is 0 Å². The summed E-state index contributed by atoms with van der Waals surface area (Å²) in [5.74, 6) is 0.802. The Morgan fingerprint density at radius 1 is 1.12 bits per heavy atom. The van der Waals surface area contributed by atoms with Gasteiger partial charge in [0.1, 0.15) is 11.0 Å². The van der Waals surface area contributed by atoms with Gasteiger partial charge in [0, 0.05) is 43.5 Å². The largest absolute Gasteiger partial charge is 0.341 e. The minimum absolute atomic E-state index is 0.123. The minimum Gasteiger partial charge on any atom is -0.341 e. The van der Waals surface area contributed by atoms with Crippen LogP contribution in [0.1, 0.15) is 25.3 Å². The molecule has 0 saturated carbocycles. The molecule has 9 nitrogen and oxygen atoms in total. The molecule has 1 aliphatic heterocycles. The van der Waals surface area contributed by atoms with Crippen LogP contribution in [0.4, 0.5) is 5.95 Å². The van der Waals surface area contributed by atoms with Crippen LogP contribution in [0.5, 0.6) is 0 Å². The van der Waals surface area contributed by atoms with Crippen LogP contribution in [0.2, 0.25) is 0 Å². The molecular formula is C25H26N8O. The summed E-state index contributed by atoms with van der Waals surface area (Å²) in [7, 11) is 0. The molecule has 0 amide bonds. The second kappa shape index (κ2) is 8.18. The topological polar surface area (TPSA) is 108 Å². The predicted molar refractivity (Wildman–Crippen MR) is 133 cm³/mol. The van der Waals surface area contributed by atoms with Crippen molar-refractivity contribution in [3.63, 3.8) is 0 Å². The van der Waals surface area contributed by atoms with E-state index in [0.29, 0.717) is 24.1 Å². The fraction of sp³-hybridized carbons (Fsp3) is 0.320. The van der Waals surface area contributed by atoms with Gasteiger partial charge in [-0.2, -0.15) is 5.10 Å².